The minimum Gasteiger partial charge on any atom is -0.486 e. The molecule has 0 atom stereocenters. The zero-order chi connectivity index (χ0) is 22.4. The fourth-order valence-electron chi connectivity index (χ4n) is 2.35. The fourth-order valence-corrected chi connectivity index (χ4v) is 3.09. The highest BCUT2D eigenvalue weighted by molar-refractivity contribution is 8.18. The SMILES string of the molecule is COC(=O)/C=C1/S/C(=N\N=Cc2ccccc2COc2ccc(F)c(F)c2F)NC1=O. The van der Waals surface area contributed by atoms with E-state index in [0.717, 1.165) is 30.0 Å². The average Bonchev–Trinajstić information content (AvgIpc) is 3.11. The van der Waals surface area contributed by atoms with Crippen LogP contribution in [0.15, 0.2) is 57.6 Å². The highest BCUT2D eigenvalue weighted by Gasteiger charge is 2.25. The lowest BCUT2D eigenvalue weighted by Crippen LogP contribution is -2.19. The summed E-state index contributed by atoms with van der Waals surface area (Å²) in [6.07, 6.45) is 2.41. The van der Waals surface area contributed by atoms with Crippen LogP contribution in [-0.4, -0.2) is 30.4 Å². The zero-order valence-corrected chi connectivity index (χ0v) is 16.7. The number of methoxy groups -OCH3 is 1. The number of hydrogen-bond donors (Lipinski definition) is 1. The lowest BCUT2D eigenvalue weighted by atomic mass is 10.1. The van der Waals surface area contributed by atoms with Crippen molar-refractivity contribution in [2.45, 2.75) is 6.61 Å². The monoisotopic (exact) mass is 449 g/mol. The Kier molecular flexibility index (Phi) is 7.08. The highest BCUT2D eigenvalue weighted by Crippen LogP contribution is 2.24. The van der Waals surface area contributed by atoms with Crippen LogP contribution in [0.3, 0.4) is 0 Å². The number of esters is 1. The number of nitrogens with one attached hydrogen (secondary N) is 1. The van der Waals surface area contributed by atoms with Gasteiger partial charge < -0.3 is 9.47 Å². The van der Waals surface area contributed by atoms with Gasteiger partial charge in [-0.05, 0) is 29.5 Å². The Morgan fingerprint density at radius 2 is 1.94 bits per heavy atom. The highest BCUT2D eigenvalue weighted by atomic mass is 32.2. The number of ether oxygens (including phenoxy) is 2. The first-order chi connectivity index (χ1) is 14.9. The smallest absolute Gasteiger partial charge is 0.331 e. The first-order valence-electron chi connectivity index (χ1n) is 8.63. The van der Waals surface area contributed by atoms with E-state index < -0.39 is 35.1 Å². The molecule has 3 rings (SSSR count). The standard InChI is InChI=1S/C20H14F3N3O4S/c1-29-16(27)8-15-19(28)25-20(31-15)26-24-9-11-4-2-3-5-12(11)10-30-14-7-6-13(21)17(22)18(14)23/h2-9H,10H2,1H3,(H,25,26,28)/b15-8+,24-9?. The van der Waals surface area contributed by atoms with E-state index in [1.54, 1.807) is 24.3 Å². The second-order valence-electron chi connectivity index (χ2n) is 5.90. The third-order valence-corrected chi connectivity index (χ3v) is 4.78. The molecule has 1 N–H and O–H groups in total. The molecule has 0 bridgehead atoms. The molecular weight excluding hydrogens is 435 g/mol. The molecule has 1 heterocycles. The van der Waals surface area contributed by atoms with E-state index in [1.807, 2.05) is 0 Å². The Labute approximate surface area is 178 Å². The zero-order valence-electron chi connectivity index (χ0n) is 15.9. The van der Waals surface area contributed by atoms with Crippen LogP contribution >= 0.6 is 11.8 Å². The molecule has 1 saturated heterocycles. The minimum atomic E-state index is -1.61. The van der Waals surface area contributed by atoms with E-state index in [0.29, 0.717) is 11.1 Å². The predicted octanol–water partition coefficient (Wildman–Crippen LogP) is 3.29. The van der Waals surface area contributed by atoms with Crippen molar-refractivity contribution in [1.29, 1.82) is 0 Å². The number of carbonyl (C=O) groups excluding carboxylic acids is 2. The molecule has 2 aromatic carbocycles. The number of rotatable bonds is 6. The number of carbonyl (C=O) groups is 2. The molecule has 1 aliphatic rings. The van der Waals surface area contributed by atoms with E-state index in [-0.39, 0.29) is 16.7 Å². The third-order valence-electron chi connectivity index (χ3n) is 3.88. The molecule has 0 radical (unpaired) electrons. The van der Waals surface area contributed by atoms with Crippen LogP contribution in [0.1, 0.15) is 11.1 Å². The molecule has 0 saturated carbocycles. The van der Waals surface area contributed by atoms with Gasteiger partial charge in [0.15, 0.2) is 22.6 Å². The maximum Gasteiger partial charge on any atom is 0.331 e. The third kappa shape index (κ3) is 5.51. The van der Waals surface area contributed by atoms with E-state index in [2.05, 4.69) is 20.3 Å². The summed E-state index contributed by atoms with van der Waals surface area (Å²) in [4.78, 5) is 23.1. The second kappa shape index (κ2) is 9.94. The maximum absolute atomic E-state index is 13.8. The van der Waals surface area contributed by atoms with Gasteiger partial charge in [-0.1, -0.05) is 24.3 Å². The lowest BCUT2D eigenvalue weighted by molar-refractivity contribution is -0.135. The van der Waals surface area contributed by atoms with Crippen molar-refractivity contribution >= 4 is 35.0 Å². The summed E-state index contributed by atoms with van der Waals surface area (Å²) < 4.78 is 49.8. The van der Waals surface area contributed by atoms with Crippen LogP contribution in [-0.2, 0) is 20.9 Å². The average molecular weight is 449 g/mol. The van der Waals surface area contributed by atoms with Gasteiger partial charge in [-0.25, -0.2) is 13.6 Å². The molecule has 1 fully saturated rings. The molecule has 2 aromatic rings. The van der Waals surface area contributed by atoms with Gasteiger partial charge in [0, 0.05) is 11.6 Å². The molecule has 0 aliphatic carbocycles. The van der Waals surface area contributed by atoms with Gasteiger partial charge in [0.1, 0.15) is 6.61 Å². The Bertz CT molecular complexity index is 1120. The molecule has 1 amide bonds. The van der Waals surface area contributed by atoms with E-state index >= 15 is 0 Å². The normalized spacial score (nSPS) is 16.2. The summed E-state index contributed by atoms with van der Waals surface area (Å²) in [5.41, 5.74) is 1.14. The maximum atomic E-state index is 13.8. The molecule has 11 heteroatoms. The van der Waals surface area contributed by atoms with Crippen LogP contribution in [0.25, 0.3) is 0 Å². The van der Waals surface area contributed by atoms with E-state index in [1.165, 1.54) is 13.3 Å². The van der Waals surface area contributed by atoms with Crippen LogP contribution in [0.2, 0.25) is 0 Å². The van der Waals surface area contributed by atoms with Crippen molar-refractivity contribution in [1.82, 2.24) is 5.32 Å². The van der Waals surface area contributed by atoms with Crippen molar-refractivity contribution in [3.63, 3.8) is 0 Å². The van der Waals surface area contributed by atoms with Gasteiger partial charge in [-0.15, -0.1) is 5.10 Å². The summed E-state index contributed by atoms with van der Waals surface area (Å²) in [5.74, 6) is -5.94. The summed E-state index contributed by atoms with van der Waals surface area (Å²) in [7, 11) is 1.19. The number of benzene rings is 2. The summed E-state index contributed by atoms with van der Waals surface area (Å²) in [5, 5.41) is 10.4. The molecular formula is C20H14F3N3O4S. The molecule has 0 unspecified atom stereocenters. The molecule has 0 spiro atoms. The number of halogens is 3. The van der Waals surface area contributed by atoms with Crippen molar-refractivity contribution in [2.75, 3.05) is 7.11 Å². The summed E-state index contributed by atoms with van der Waals surface area (Å²) in [6, 6.07) is 8.56. The van der Waals surface area contributed by atoms with Crippen LogP contribution < -0.4 is 10.1 Å². The van der Waals surface area contributed by atoms with Crippen molar-refractivity contribution in [2.24, 2.45) is 10.2 Å². The number of thioether (sulfide) groups is 1. The molecule has 31 heavy (non-hydrogen) atoms. The van der Waals surface area contributed by atoms with Gasteiger partial charge >= 0.3 is 5.97 Å². The number of amides is 1. The molecule has 0 aromatic heterocycles. The van der Waals surface area contributed by atoms with Crippen LogP contribution in [0, 0.1) is 17.5 Å². The van der Waals surface area contributed by atoms with Gasteiger partial charge in [0.05, 0.1) is 18.2 Å². The number of amidine groups is 1. The van der Waals surface area contributed by atoms with E-state index in [9.17, 15) is 22.8 Å². The lowest BCUT2D eigenvalue weighted by Gasteiger charge is -2.09. The first kappa shape index (κ1) is 22.1. The molecule has 160 valence electrons. The Hall–Kier alpha value is -3.60. The van der Waals surface area contributed by atoms with Crippen LogP contribution in [0.4, 0.5) is 13.2 Å². The largest absolute Gasteiger partial charge is 0.486 e. The quantitative estimate of drug-likeness (QED) is 0.240. The van der Waals surface area contributed by atoms with Gasteiger partial charge in [0.25, 0.3) is 5.91 Å². The van der Waals surface area contributed by atoms with Gasteiger partial charge in [0.2, 0.25) is 5.82 Å². The Balaban J connectivity index is 1.70. The topological polar surface area (TPSA) is 89.3 Å². The van der Waals surface area contributed by atoms with Gasteiger partial charge in [-0.2, -0.15) is 9.49 Å². The molecule has 1 aliphatic heterocycles. The van der Waals surface area contributed by atoms with Crippen LogP contribution in [0.5, 0.6) is 5.75 Å². The van der Waals surface area contributed by atoms with Crippen molar-refractivity contribution < 1.29 is 32.2 Å². The predicted molar refractivity (Wildman–Crippen MR) is 108 cm³/mol. The Morgan fingerprint density at radius 3 is 2.71 bits per heavy atom. The van der Waals surface area contributed by atoms with Crippen molar-refractivity contribution in [3.8, 4) is 5.75 Å². The Morgan fingerprint density at radius 1 is 1.16 bits per heavy atom. The number of nitrogens with zero attached hydrogens (tertiary/aromatic N) is 2. The first-order valence-corrected chi connectivity index (χ1v) is 9.44. The van der Waals surface area contributed by atoms with Crippen molar-refractivity contribution in [3.05, 3.63) is 76.0 Å². The summed E-state index contributed by atoms with van der Waals surface area (Å²) >= 11 is 0.917. The fraction of sp³-hybridized carbons (Fsp3) is 0.100. The van der Waals surface area contributed by atoms with Gasteiger partial charge in [-0.3, -0.25) is 10.1 Å². The second-order valence-corrected chi connectivity index (χ2v) is 6.93. The number of hydrogen-bond acceptors (Lipinski definition) is 7. The molecule has 7 nitrogen and oxygen atoms in total. The minimum absolute atomic E-state index is 0.114. The summed E-state index contributed by atoms with van der Waals surface area (Å²) in [6.45, 7) is -0.141. The van der Waals surface area contributed by atoms with E-state index in [4.69, 9.17) is 4.74 Å².